The van der Waals surface area contributed by atoms with Gasteiger partial charge < -0.3 is 18.9 Å². The number of carbonyl (C=O) groups is 2. The Bertz CT molecular complexity index is 899. The highest BCUT2D eigenvalue weighted by Crippen LogP contribution is 2.42. The first-order chi connectivity index (χ1) is 15.3. The van der Waals surface area contributed by atoms with Gasteiger partial charge in [0.2, 0.25) is 12.9 Å². The topological polar surface area (TPSA) is 117 Å². The number of halogens is 4. The molecule has 3 N–H and O–H groups in total. The van der Waals surface area contributed by atoms with Gasteiger partial charge in [0.05, 0.1) is 12.2 Å². The predicted octanol–water partition coefficient (Wildman–Crippen LogP) is 2.29. The van der Waals surface area contributed by atoms with Gasteiger partial charge in [0.15, 0.2) is 0 Å². The smallest absolute Gasteiger partial charge is 0.430 e. The second-order valence-electron chi connectivity index (χ2n) is 7.85. The fourth-order valence-electron chi connectivity index (χ4n) is 2.79. The minimum absolute atomic E-state index is 0.0194. The average Bonchev–Trinajstić information content (AvgIpc) is 2.70. The Balaban J connectivity index is 2.09. The molecular formula is C20H24ClF3NO8+. The van der Waals surface area contributed by atoms with E-state index in [4.69, 9.17) is 26.3 Å². The molecule has 0 saturated heterocycles. The second kappa shape index (κ2) is 11.2. The first-order valence-electron chi connectivity index (χ1n) is 9.61. The van der Waals surface area contributed by atoms with Crippen molar-refractivity contribution in [3.05, 3.63) is 33.9 Å². The fourth-order valence-corrected chi connectivity index (χ4v) is 3.25. The highest BCUT2D eigenvalue weighted by Gasteiger charge is 2.49. The van der Waals surface area contributed by atoms with Gasteiger partial charge in [-0.2, -0.15) is 23.2 Å². The SMILES string of the molecule is CC(C)(C)c1cc2c(cc1Cl)C=C(C(=O)OCOC(=O)COCCO[NH2+]O)C(C(F)(F)F)O2. The molecule has 1 aromatic carbocycles. The summed E-state index contributed by atoms with van der Waals surface area (Å²) in [6.07, 6.45) is -6.50. The van der Waals surface area contributed by atoms with Crippen LogP contribution in [0.5, 0.6) is 5.75 Å². The third kappa shape index (κ3) is 7.57. The first-order valence-corrected chi connectivity index (χ1v) is 9.99. The van der Waals surface area contributed by atoms with Crippen molar-refractivity contribution in [2.45, 2.75) is 38.5 Å². The molecule has 1 heterocycles. The number of rotatable bonds is 9. The lowest BCUT2D eigenvalue weighted by Crippen LogP contribution is -2.79. The third-order valence-electron chi connectivity index (χ3n) is 4.33. The Hall–Kier alpha value is -2.38. The summed E-state index contributed by atoms with van der Waals surface area (Å²) in [7, 11) is 0. The Labute approximate surface area is 192 Å². The first kappa shape index (κ1) is 26.9. The molecule has 0 spiro atoms. The number of nitrogens with two attached hydrogens (primary N) is 1. The molecule has 1 atom stereocenters. The van der Waals surface area contributed by atoms with Crippen molar-refractivity contribution in [3.8, 4) is 5.75 Å². The predicted molar refractivity (Wildman–Crippen MR) is 106 cm³/mol. The van der Waals surface area contributed by atoms with Crippen molar-refractivity contribution in [2.24, 2.45) is 0 Å². The number of benzene rings is 1. The van der Waals surface area contributed by atoms with Gasteiger partial charge in [-0.25, -0.2) is 9.59 Å². The van der Waals surface area contributed by atoms with E-state index in [1.165, 1.54) is 12.1 Å². The van der Waals surface area contributed by atoms with Crippen LogP contribution in [0, 0.1) is 0 Å². The second-order valence-corrected chi connectivity index (χ2v) is 8.26. The molecule has 184 valence electrons. The monoisotopic (exact) mass is 498 g/mol. The Morgan fingerprint density at radius 3 is 2.48 bits per heavy atom. The van der Waals surface area contributed by atoms with Crippen LogP contribution >= 0.6 is 11.6 Å². The van der Waals surface area contributed by atoms with Crippen LogP contribution < -0.4 is 10.4 Å². The van der Waals surface area contributed by atoms with E-state index in [0.29, 0.717) is 16.2 Å². The van der Waals surface area contributed by atoms with Gasteiger partial charge in [0.1, 0.15) is 19.0 Å². The minimum Gasteiger partial charge on any atom is -0.475 e. The summed E-state index contributed by atoms with van der Waals surface area (Å²) >= 11 is 6.27. The summed E-state index contributed by atoms with van der Waals surface area (Å²) in [5.74, 6) is -2.38. The Kier molecular flexibility index (Phi) is 9.09. The summed E-state index contributed by atoms with van der Waals surface area (Å²) in [5, 5.41) is 8.60. The van der Waals surface area contributed by atoms with Gasteiger partial charge in [-0.15, -0.1) is 0 Å². The van der Waals surface area contributed by atoms with Crippen LogP contribution in [0.2, 0.25) is 5.02 Å². The van der Waals surface area contributed by atoms with E-state index in [1.807, 2.05) is 20.8 Å². The number of fused-ring (bicyclic) bond motifs is 1. The zero-order valence-electron chi connectivity index (χ0n) is 18.0. The molecule has 1 aliphatic heterocycles. The lowest BCUT2D eigenvalue weighted by molar-refractivity contribution is -1.06. The molecule has 1 aromatic rings. The van der Waals surface area contributed by atoms with Gasteiger partial charge in [0.25, 0.3) is 0 Å². The van der Waals surface area contributed by atoms with Crippen LogP contribution in [0.25, 0.3) is 6.08 Å². The van der Waals surface area contributed by atoms with E-state index in [9.17, 15) is 22.8 Å². The van der Waals surface area contributed by atoms with Gasteiger partial charge in [-0.1, -0.05) is 38.0 Å². The van der Waals surface area contributed by atoms with Crippen molar-refractivity contribution in [1.29, 1.82) is 0 Å². The van der Waals surface area contributed by atoms with Crippen molar-refractivity contribution in [2.75, 3.05) is 26.6 Å². The molecule has 33 heavy (non-hydrogen) atoms. The number of carbonyl (C=O) groups excluding carboxylic acids is 2. The largest absolute Gasteiger partial charge is 0.475 e. The fraction of sp³-hybridized carbons (Fsp3) is 0.500. The Morgan fingerprint density at radius 2 is 1.88 bits per heavy atom. The molecule has 1 unspecified atom stereocenters. The van der Waals surface area contributed by atoms with Crippen LogP contribution in [-0.2, 0) is 34.1 Å². The maximum absolute atomic E-state index is 13.6. The molecule has 13 heteroatoms. The van der Waals surface area contributed by atoms with Crippen LogP contribution in [0.3, 0.4) is 0 Å². The number of esters is 2. The molecule has 0 saturated carbocycles. The number of alkyl halides is 3. The van der Waals surface area contributed by atoms with Crippen LogP contribution in [0.4, 0.5) is 13.2 Å². The molecule has 0 aliphatic carbocycles. The van der Waals surface area contributed by atoms with Crippen molar-refractivity contribution in [1.82, 2.24) is 0 Å². The zero-order chi connectivity index (χ0) is 24.8. The molecule has 0 fully saturated rings. The van der Waals surface area contributed by atoms with E-state index >= 15 is 0 Å². The van der Waals surface area contributed by atoms with Crippen molar-refractivity contribution in [3.63, 3.8) is 0 Å². The van der Waals surface area contributed by atoms with Gasteiger partial charge >= 0.3 is 18.1 Å². The normalized spacial score (nSPS) is 15.9. The van der Waals surface area contributed by atoms with E-state index in [1.54, 1.807) is 0 Å². The lowest BCUT2D eigenvalue weighted by atomic mass is 9.85. The number of hydrogen-bond donors (Lipinski definition) is 2. The summed E-state index contributed by atoms with van der Waals surface area (Å²) < 4.78 is 60.1. The molecular weight excluding hydrogens is 475 g/mol. The third-order valence-corrected chi connectivity index (χ3v) is 4.64. The summed E-state index contributed by atoms with van der Waals surface area (Å²) in [5.41, 5.74) is -0.0651. The van der Waals surface area contributed by atoms with Crippen molar-refractivity contribution < 1.29 is 57.4 Å². The van der Waals surface area contributed by atoms with Crippen molar-refractivity contribution >= 4 is 29.6 Å². The molecule has 0 bridgehead atoms. The maximum atomic E-state index is 13.6. The van der Waals surface area contributed by atoms with Gasteiger partial charge in [-0.3, -0.25) is 0 Å². The summed E-state index contributed by atoms with van der Waals surface area (Å²) in [6, 6.07) is 2.83. The lowest BCUT2D eigenvalue weighted by Gasteiger charge is -2.30. The number of quaternary nitrogens is 1. The molecule has 0 amide bonds. The Morgan fingerprint density at radius 1 is 1.18 bits per heavy atom. The van der Waals surface area contributed by atoms with Crippen LogP contribution in [-0.4, -0.2) is 56.0 Å². The summed E-state index contributed by atoms with van der Waals surface area (Å²) in [6.45, 7) is 4.02. The average molecular weight is 499 g/mol. The molecule has 1 aliphatic rings. The van der Waals surface area contributed by atoms with Gasteiger partial charge in [0, 0.05) is 10.6 Å². The molecule has 9 nitrogen and oxygen atoms in total. The molecule has 0 aromatic heterocycles. The van der Waals surface area contributed by atoms with E-state index in [2.05, 4.69) is 14.3 Å². The van der Waals surface area contributed by atoms with E-state index in [0.717, 1.165) is 6.08 Å². The standard InChI is InChI=1S/C20H24ClF3NO8/c1-19(2,3)13-8-15-11(7-14(13)21)6-12(17(33-15)20(22,23)24)18(27)31-10-30-16(26)9-29-4-5-32-25-28/h6-8,17,28H,4-5,9-10,25H2,1-3H3/q+1. The van der Waals surface area contributed by atoms with E-state index < -0.39 is 48.6 Å². The quantitative estimate of drug-likeness (QED) is 0.230. The van der Waals surface area contributed by atoms with E-state index in [-0.39, 0.29) is 24.5 Å². The minimum atomic E-state index is -4.91. The highest BCUT2D eigenvalue weighted by molar-refractivity contribution is 6.31. The highest BCUT2D eigenvalue weighted by atomic mass is 35.5. The molecule has 0 radical (unpaired) electrons. The summed E-state index contributed by atoms with van der Waals surface area (Å²) in [4.78, 5) is 28.3. The van der Waals surface area contributed by atoms with Crippen LogP contribution in [0.1, 0.15) is 31.9 Å². The maximum Gasteiger partial charge on any atom is 0.430 e. The van der Waals surface area contributed by atoms with Gasteiger partial charge in [-0.05, 0) is 29.2 Å². The molecule has 2 rings (SSSR count). The zero-order valence-corrected chi connectivity index (χ0v) is 18.8. The van der Waals surface area contributed by atoms with Crippen LogP contribution in [0.15, 0.2) is 17.7 Å². The number of ether oxygens (including phenoxy) is 4. The number of hydrogen-bond acceptors (Lipinski definition) is 8.